The highest BCUT2D eigenvalue weighted by atomic mass is 19.1. The highest BCUT2D eigenvalue weighted by molar-refractivity contribution is 5.69. The van der Waals surface area contributed by atoms with Crippen LogP contribution in [0.25, 0.3) is 11.5 Å². The van der Waals surface area contributed by atoms with E-state index < -0.39 is 24.1 Å². The lowest BCUT2D eigenvalue weighted by atomic mass is 10.2. The van der Waals surface area contributed by atoms with Gasteiger partial charge in [0.1, 0.15) is 24.7 Å². The van der Waals surface area contributed by atoms with Crippen LogP contribution in [0.15, 0.2) is 57.7 Å². The minimum Gasteiger partial charge on any atom is -0.496 e. The van der Waals surface area contributed by atoms with Gasteiger partial charge < -0.3 is 13.9 Å². The van der Waals surface area contributed by atoms with Gasteiger partial charge in [-0.25, -0.2) is 9.18 Å². The molecule has 0 radical (unpaired) electrons. The van der Waals surface area contributed by atoms with E-state index in [1.165, 1.54) is 25.3 Å². The Balaban J connectivity index is 1.67. The summed E-state index contributed by atoms with van der Waals surface area (Å²) in [4.78, 5) is 23.8. The van der Waals surface area contributed by atoms with Gasteiger partial charge in [-0.2, -0.15) is 4.68 Å². The van der Waals surface area contributed by atoms with Gasteiger partial charge in [-0.05, 0) is 30.3 Å². The molecule has 0 amide bonds. The molecule has 0 bridgehead atoms. The maximum atomic E-state index is 13.3. The second-order valence-corrected chi connectivity index (χ2v) is 5.31. The zero-order chi connectivity index (χ0) is 18.5. The molecule has 0 aliphatic heterocycles. The lowest BCUT2D eigenvalue weighted by molar-refractivity contribution is -0.146. The van der Waals surface area contributed by atoms with Crippen molar-refractivity contribution in [3.05, 3.63) is 70.5 Å². The first-order valence-corrected chi connectivity index (χ1v) is 7.68. The first-order valence-electron chi connectivity index (χ1n) is 7.68. The SMILES string of the molecule is COc1ccc(F)cc1COC(=O)Cn1nc(-c2ccccc2)oc1=O. The summed E-state index contributed by atoms with van der Waals surface area (Å²) in [7, 11) is 1.43. The summed E-state index contributed by atoms with van der Waals surface area (Å²) in [6, 6.07) is 12.7. The maximum Gasteiger partial charge on any atom is 0.437 e. The summed E-state index contributed by atoms with van der Waals surface area (Å²) in [5, 5.41) is 3.97. The van der Waals surface area contributed by atoms with Gasteiger partial charge in [0.15, 0.2) is 0 Å². The van der Waals surface area contributed by atoms with Crippen molar-refractivity contribution >= 4 is 5.97 Å². The fourth-order valence-electron chi connectivity index (χ4n) is 2.29. The van der Waals surface area contributed by atoms with Crippen molar-refractivity contribution in [3.8, 4) is 17.2 Å². The summed E-state index contributed by atoms with van der Waals surface area (Å²) in [5.41, 5.74) is 0.986. The van der Waals surface area contributed by atoms with Gasteiger partial charge >= 0.3 is 11.7 Å². The number of nitrogens with zero attached hydrogens (tertiary/aromatic N) is 2. The zero-order valence-corrected chi connectivity index (χ0v) is 13.8. The molecule has 0 saturated carbocycles. The van der Waals surface area contributed by atoms with Crippen molar-refractivity contribution in [2.45, 2.75) is 13.2 Å². The standard InChI is InChI=1S/C18H15FN2O5/c1-24-15-8-7-14(19)9-13(15)11-25-16(22)10-21-18(23)26-17(20-21)12-5-3-2-4-6-12/h2-9H,10-11H2,1H3. The van der Waals surface area contributed by atoms with Gasteiger partial charge in [-0.1, -0.05) is 18.2 Å². The average molecular weight is 358 g/mol. The summed E-state index contributed by atoms with van der Waals surface area (Å²) < 4.78 is 29.4. The number of benzene rings is 2. The number of carbonyl (C=O) groups is 1. The van der Waals surface area contributed by atoms with Crippen LogP contribution in [0.3, 0.4) is 0 Å². The molecule has 3 rings (SSSR count). The average Bonchev–Trinajstić information content (AvgIpc) is 3.01. The predicted octanol–water partition coefficient (Wildman–Crippen LogP) is 2.39. The number of halogens is 1. The number of carbonyl (C=O) groups excluding carboxylic acids is 1. The van der Waals surface area contributed by atoms with E-state index in [1.807, 2.05) is 6.07 Å². The fraction of sp³-hybridized carbons (Fsp3) is 0.167. The van der Waals surface area contributed by atoms with E-state index in [0.29, 0.717) is 16.9 Å². The van der Waals surface area contributed by atoms with E-state index in [1.54, 1.807) is 24.3 Å². The van der Waals surface area contributed by atoms with E-state index >= 15 is 0 Å². The van der Waals surface area contributed by atoms with Gasteiger partial charge in [-0.15, -0.1) is 5.10 Å². The molecule has 1 heterocycles. The third-order valence-corrected chi connectivity index (χ3v) is 3.54. The molecule has 134 valence electrons. The van der Waals surface area contributed by atoms with Crippen LogP contribution in [0.5, 0.6) is 5.75 Å². The number of aromatic nitrogens is 2. The van der Waals surface area contributed by atoms with Crippen molar-refractivity contribution in [2.75, 3.05) is 7.11 Å². The quantitative estimate of drug-likeness (QED) is 0.629. The lowest BCUT2D eigenvalue weighted by Gasteiger charge is -2.09. The van der Waals surface area contributed by atoms with Crippen molar-refractivity contribution in [3.63, 3.8) is 0 Å². The van der Waals surface area contributed by atoms with E-state index in [4.69, 9.17) is 13.9 Å². The van der Waals surface area contributed by atoms with Gasteiger partial charge in [0.25, 0.3) is 0 Å². The molecule has 8 heteroatoms. The molecule has 0 N–H and O–H groups in total. The minimum atomic E-state index is -0.774. The normalized spacial score (nSPS) is 10.5. The zero-order valence-electron chi connectivity index (χ0n) is 13.8. The number of esters is 1. The van der Waals surface area contributed by atoms with E-state index in [-0.39, 0.29) is 12.5 Å². The number of rotatable bonds is 6. The molecule has 0 unspecified atom stereocenters. The Kier molecular flexibility index (Phi) is 5.12. The highest BCUT2D eigenvalue weighted by Crippen LogP contribution is 2.20. The van der Waals surface area contributed by atoms with Crippen LogP contribution in [-0.2, 0) is 22.7 Å². The van der Waals surface area contributed by atoms with Crippen LogP contribution in [0.2, 0.25) is 0 Å². The molecule has 26 heavy (non-hydrogen) atoms. The largest absolute Gasteiger partial charge is 0.496 e. The number of ether oxygens (including phenoxy) is 2. The van der Waals surface area contributed by atoms with Crippen LogP contribution < -0.4 is 10.5 Å². The third kappa shape index (κ3) is 3.97. The Morgan fingerprint density at radius 2 is 2.00 bits per heavy atom. The van der Waals surface area contributed by atoms with Gasteiger partial charge in [0.05, 0.1) is 7.11 Å². The number of methoxy groups -OCH3 is 1. The predicted molar refractivity (Wildman–Crippen MR) is 88.9 cm³/mol. The Bertz CT molecular complexity index is 965. The van der Waals surface area contributed by atoms with Crippen molar-refractivity contribution in [1.29, 1.82) is 0 Å². The van der Waals surface area contributed by atoms with Crippen LogP contribution >= 0.6 is 0 Å². The van der Waals surface area contributed by atoms with Crippen molar-refractivity contribution < 1.29 is 23.1 Å². The molecule has 0 aliphatic rings. The molecule has 0 atom stereocenters. The minimum absolute atomic E-state index is 0.107. The van der Waals surface area contributed by atoms with Gasteiger partial charge in [0, 0.05) is 11.1 Å². The monoisotopic (exact) mass is 358 g/mol. The van der Waals surface area contributed by atoms with Crippen LogP contribution in [0.4, 0.5) is 4.39 Å². The molecular formula is C18H15FN2O5. The Morgan fingerprint density at radius 1 is 1.23 bits per heavy atom. The summed E-state index contributed by atoms with van der Waals surface area (Å²) in [6.45, 7) is -0.620. The van der Waals surface area contributed by atoms with Crippen LogP contribution in [0.1, 0.15) is 5.56 Å². The van der Waals surface area contributed by atoms with Crippen LogP contribution in [0, 0.1) is 5.82 Å². The lowest BCUT2D eigenvalue weighted by Crippen LogP contribution is -2.23. The molecule has 0 aliphatic carbocycles. The second-order valence-electron chi connectivity index (χ2n) is 5.31. The van der Waals surface area contributed by atoms with Gasteiger partial charge in [0.2, 0.25) is 5.89 Å². The Morgan fingerprint density at radius 3 is 2.73 bits per heavy atom. The molecule has 0 spiro atoms. The summed E-state index contributed by atoms with van der Waals surface area (Å²) in [5.74, 6) is -1.47. The van der Waals surface area contributed by atoms with Crippen LogP contribution in [-0.4, -0.2) is 22.9 Å². The molecule has 0 saturated heterocycles. The fourth-order valence-corrected chi connectivity index (χ4v) is 2.29. The molecule has 2 aromatic carbocycles. The molecule has 0 fully saturated rings. The molecule has 7 nitrogen and oxygen atoms in total. The summed E-state index contributed by atoms with van der Waals surface area (Å²) >= 11 is 0. The Hall–Kier alpha value is -3.42. The summed E-state index contributed by atoms with van der Waals surface area (Å²) in [6.07, 6.45) is 0. The van der Waals surface area contributed by atoms with Gasteiger partial charge in [-0.3, -0.25) is 4.79 Å². The van der Waals surface area contributed by atoms with E-state index in [2.05, 4.69) is 5.10 Å². The molecule has 1 aromatic heterocycles. The van der Waals surface area contributed by atoms with Crippen molar-refractivity contribution in [1.82, 2.24) is 9.78 Å². The number of hydrogen-bond acceptors (Lipinski definition) is 6. The topological polar surface area (TPSA) is 83.6 Å². The number of hydrogen-bond donors (Lipinski definition) is 0. The van der Waals surface area contributed by atoms with Crippen molar-refractivity contribution in [2.24, 2.45) is 0 Å². The van der Waals surface area contributed by atoms with E-state index in [0.717, 1.165) is 4.68 Å². The Labute approximate surface area is 147 Å². The smallest absolute Gasteiger partial charge is 0.437 e. The second kappa shape index (κ2) is 7.64. The van der Waals surface area contributed by atoms with E-state index in [9.17, 15) is 14.0 Å². The molecule has 3 aromatic rings. The highest BCUT2D eigenvalue weighted by Gasteiger charge is 2.15. The first-order chi connectivity index (χ1) is 12.6. The first kappa shape index (κ1) is 17.4. The molecular weight excluding hydrogens is 343 g/mol. The third-order valence-electron chi connectivity index (χ3n) is 3.54. The maximum absolute atomic E-state index is 13.3.